The second-order valence-corrected chi connectivity index (χ2v) is 7.33. The normalized spacial score (nSPS) is 14.5. The molecule has 2 aromatic carbocycles. The molecule has 1 heterocycles. The van der Waals surface area contributed by atoms with Crippen LogP contribution in [0.3, 0.4) is 0 Å². The predicted molar refractivity (Wildman–Crippen MR) is 109 cm³/mol. The summed E-state index contributed by atoms with van der Waals surface area (Å²) in [6, 6.07) is 15.4. The molecule has 3 rings (SSSR count). The first-order chi connectivity index (χ1) is 14.7. The summed E-state index contributed by atoms with van der Waals surface area (Å²) in [6.07, 6.45) is -4.58. The molecule has 0 fully saturated rings. The van der Waals surface area contributed by atoms with Gasteiger partial charge in [-0.2, -0.15) is 18.4 Å². The van der Waals surface area contributed by atoms with Crippen LogP contribution in [0.5, 0.6) is 0 Å². The van der Waals surface area contributed by atoms with E-state index in [0.717, 1.165) is 5.56 Å². The molecule has 8 heteroatoms. The van der Waals surface area contributed by atoms with Gasteiger partial charge in [-0.1, -0.05) is 37.3 Å². The van der Waals surface area contributed by atoms with Crippen LogP contribution in [-0.4, -0.2) is 34.5 Å². The first-order valence-electron chi connectivity index (χ1n) is 9.69. The van der Waals surface area contributed by atoms with Crippen LogP contribution in [-0.2, 0) is 11.3 Å². The Morgan fingerprint density at radius 3 is 2.61 bits per heavy atom. The van der Waals surface area contributed by atoms with Gasteiger partial charge >= 0.3 is 12.1 Å². The fourth-order valence-corrected chi connectivity index (χ4v) is 3.29. The SMILES string of the molecule is CC(CCOCc1ccccc1)C(O)/C=c1\c2cc(ccc2C#N)n1C(=O)C(F)(F)F. The molecular formula is C23H21F3N2O3. The second-order valence-electron chi connectivity index (χ2n) is 7.33. The molecule has 31 heavy (non-hydrogen) atoms. The molecule has 5 nitrogen and oxygen atoms in total. The molecule has 2 unspecified atom stereocenters. The van der Waals surface area contributed by atoms with Gasteiger partial charge < -0.3 is 9.84 Å². The number of rotatable bonds is 7. The van der Waals surface area contributed by atoms with E-state index in [4.69, 9.17) is 4.74 Å². The number of aliphatic hydroxyl groups excluding tert-OH is 1. The molecule has 1 N–H and O–H groups in total. The lowest BCUT2D eigenvalue weighted by atomic mass is 10.0. The molecule has 0 aliphatic carbocycles. The highest BCUT2D eigenvalue weighted by Crippen LogP contribution is 2.22. The molecule has 0 aliphatic rings. The third kappa shape index (κ3) is 5.13. The van der Waals surface area contributed by atoms with Crippen LogP contribution in [0.4, 0.5) is 13.2 Å². The highest BCUT2D eigenvalue weighted by atomic mass is 19.4. The summed E-state index contributed by atoms with van der Waals surface area (Å²) in [5, 5.41) is 19.9. The van der Waals surface area contributed by atoms with Crippen LogP contribution in [0.2, 0.25) is 0 Å². The van der Waals surface area contributed by atoms with Crippen LogP contribution in [0.25, 0.3) is 17.0 Å². The summed E-state index contributed by atoms with van der Waals surface area (Å²) in [5.41, 5.74) is 1.14. The average molecular weight is 430 g/mol. The maximum atomic E-state index is 13.1. The van der Waals surface area contributed by atoms with Crippen molar-refractivity contribution in [2.24, 2.45) is 5.92 Å². The topological polar surface area (TPSA) is 75.2 Å². The van der Waals surface area contributed by atoms with Crippen molar-refractivity contribution in [1.29, 1.82) is 5.26 Å². The number of hydrogen-bond acceptors (Lipinski definition) is 4. The molecule has 162 valence electrons. The minimum atomic E-state index is -5.10. The van der Waals surface area contributed by atoms with Gasteiger partial charge in [0.2, 0.25) is 0 Å². The minimum Gasteiger partial charge on any atom is -0.389 e. The number of ether oxygens (including phenoxy) is 1. The maximum absolute atomic E-state index is 13.1. The Balaban J connectivity index is 1.81. The molecule has 0 amide bonds. The standard InChI is InChI=1S/C23H21F3N2O3/c1-15(9-10-31-14-16-5-3-2-4-6-16)21(29)12-20-19-11-18(8-7-17(19)13-27)28(20)22(30)23(24,25)26/h2-8,11-12,15,21,29H,9-10,14H2,1H3/b20-12+. The molecule has 1 aromatic heterocycles. The molecule has 0 saturated carbocycles. The number of carbonyl (C=O) groups is 1. The lowest BCUT2D eigenvalue weighted by Crippen LogP contribution is -2.36. The fraction of sp³-hybridized carbons (Fsp3) is 0.304. The number of carbonyl (C=O) groups excluding carboxylic acids is 1. The lowest BCUT2D eigenvalue weighted by Gasteiger charge is -2.16. The number of benzene rings is 2. The molecule has 0 spiro atoms. The summed E-state index contributed by atoms with van der Waals surface area (Å²) in [6.45, 7) is 2.49. The van der Waals surface area contributed by atoms with Gasteiger partial charge in [0.1, 0.15) is 0 Å². The third-order valence-electron chi connectivity index (χ3n) is 5.08. The largest absolute Gasteiger partial charge is 0.472 e. The number of alkyl halides is 3. The molecule has 2 atom stereocenters. The molecule has 0 radical (unpaired) electrons. The van der Waals surface area contributed by atoms with Gasteiger partial charge in [-0.05, 0) is 42.2 Å². The Labute approximate surface area is 176 Å². The number of aromatic nitrogens is 1. The van der Waals surface area contributed by atoms with E-state index >= 15 is 0 Å². The van der Waals surface area contributed by atoms with E-state index in [9.17, 15) is 28.3 Å². The van der Waals surface area contributed by atoms with E-state index in [0.29, 0.717) is 24.2 Å². The average Bonchev–Trinajstić information content (AvgIpc) is 3.02. The fourth-order valence-electron chi connectivity index (χ4n) is 3.29. The first kappa shape index (κ1) is 22.5. The number of fused-ring (bicyclic) bond motifs is 2. The number of nitriles is 1. The van der Waals surface area contributed by atoms with Crippen LogP contribution in [0.15, 0.2) is 48.5 Å². The van der Waals surface area contributed by atoms with Crippen molar-refractivity contribution < 1.29 is 27.8 Å². The highest BCUT2D eigenvalue weighted by Gasteiger charge is 2.41. The van der Waals surface area contributed by atoms with Crippen molar-refractivity contribution in [3.8, 4) is 6.07 Å². The predicted octanol–water partition coefficient (Wildman–Crippen LogP) is 3.82. The molecule has 0 aliphatic heterocycles. The van der Waals surface area contributed by atoms with E-state index in [2.05, 4.69) is 0 Å². The summed E-state index contributed by atoms with van der Waals surface area (Å²) in [4.78, 5) is 12.0. The van der Waals surface area contributed by atoms with E-state index in [-0.39, 0.29) is 27.7 Å². The van der Waals surface area contributed by atoms with Crippen molar-refractivity contribution in [3.63, 3.8) is 0 Å². The molecular weight excluding hydrogens is 409 g/mol. The van der Waals surface area contributed by atoms with Gasteiger partial charge in [0.05, 0.1) is 29.7 Å². The van der Waals surface area contributed by atoms with Crippen LogP contribution in [0, 0.1) is 17.2 Å². The molecule has 3 aromatic rings. The lowest BCUT2D eigenvalue weighted by molar-refractivity contribution is -0.0944. The van der Waals surface area contributed by atoms with Gasteiger partial charge in [0.15, 0.2) is 0 Å². The monoisotopic (exact) mass is 430 g/mol. The Kier molecular flexibility index (Phi) is 6.78. The van der Waals surface area contributed by atoms with Crippen molar-refractivity contribution in [2.75, 3.05) is 6.61 Å². The van der Waals surface area contributed by atoms with Gasteiger partial charge in [-0.25, -0.2) is 0 Å². The van der Waals surface area contributed by atoms with Crippen LogP contribution >= 0.6 is 0 Å². The van der Waals surface area contributed by atoms with Crippen molar-refractivity contribution in [1.82, 2.24) is 4.57 Å². The number of hydrogen-bond donors (Lipinski definition) is 1. The van der Waals surface area contributed by atoms with E-state index in [1.54, 1.807) is 6.92 Å². The Morgan fingerprint density at radius 1 is 1.26 bits per heavy atom. The highest BCUT2D eigenvalue weighted by molar-refractivity contribution is 5.93. The Morgan fingerprint density at radius 2 is 1.97 bits per heavy atom. The summed E-state index contributed by atoms with van der Waals surface area (Å²) >= 11 is 0. The third-order valence-corrected chi connectivity index (χ3v) is 5.08. The van der Waals surface area contributed by atoms with Gasteiger partial charge in [0, 0.05) is 17.5 Å². The first-order valence-corrected chi connectivity index (χ1v) is 9.69. The number of nitrogens with zero attached hydrogens (tertiary/aromatic N) is 2. The zero-order valence-corrected chi connectivity index (χ0v) is 16.8. The zero-order valence-electron chi connectivity index (χ0n) is 16.8. The second kappa shape index (κ2) is 9.33. The van der Waals surface area contributed by atoms with E-state index in [1.807, 2.05) is 36.4 Å². The van der Waals surface area contributed by atoms with Crippen molar-refractivity contribution >= 4 is 22.9 Å². The van der Waals surface area contributed by atoms with E-state index < -0.39 is 18.2 Å². The quantitative estimate of drug-likeness (QED) is 0.579. The van der Waals surface area contributed by atoms with Crippen molar-refractivity contribution in [2.45, 2.75) is 32.2 Å². The summed E-state index contributed by atoms with van der Waals surface area (Å²) in [5.74, 6) is -2.43. The molecule has 2 bridgehead atoms. The number of halogens is 3. The maximum Gasteiger partial charge on any atom is 0.472 e. The zero-order chi connectivity index (χ0) is 22.6. The van der Waals surface area contributed by atoms with Crippen molar-refractivity contribution in [3.05, 3.63) is 65.0 Å². The summed E-state index contributed by atoms with van der Waals surface area (Å²) < 4.78 is 45.5. The van der Waals surface area contributed by atoms with Gasteiger partial charge in [-0.15, -0.1) is 0 Å². The Bertz CT molecular complexity index is 1150. The van der Waals surface area contributed by atoms with Crippen LogP contribution in [0.1, 0.15) is 29.3 Å². The smallest absolute Gasteiger partial charge is 0.389 e. The minimum absolute atomic E-state index is 0.00798. The van der Waals surface area contributed by atoms with E-state index in [1.165, 1.54) is 24.3 Å². The summed E-state index contributed by atoms with van der Waals surface area (Å²) in [7, 11) is 0. The van der Waals surface area contributed by atoms with Gasteiger partial charge in [-0.3, -0.25) is 9.36 Å². The molecule has 0 saturated heterocycles. The Hall–Kier alpha value is -3.15. The van der Waals surface area contributed by atoms with Crippen LogP contribution < -0.4 is 5.35 Å². The van der Waals surface area contributed by atoms with Gasteiger partial charge in [0.25, 0.3) is 0 Å². The number of aliphatic hydroxyl groups is 1.